The van der Waals surface area contributed by atoms with Gasteiger partial charge in [0.15, 0.2) is 5.78 Å². The SMILES string of the molecule is Cc1ccccc1N1C(=N)OC(=CC(=O)c2ccc(Cl)cc2)C1=O. The number of ether oxygens (including phenoxy) is 1. The third-order valence-corrected chi connectivity index (χ3v) is 3.82. The highest BCUT2D eigenvalue weighted by atomic mass is 35.5. The first-order valence-electron chi connectivity index (χ1n) is 7.15. The van der Waals surface area contributed by atoms with Gasteiger partial charge in [-0.2, -0.15) is 0 Å². The van der Waals surface area contributed by atoms with Gasteiger partial charge >= 0.3 is 11.9 Å². The van der Waals surface area contributed by atoms with Crippen LogP contribution in [0, 0.1) is 12.3 Å². The van der Waals surface area contributed by atoms with Gasteiger partial charge in [0.05, 0.1) is 5.69 Å². The van der Waals surface area contributed by atoms with E-state index in [2.05, 4.69) is 0 Å². The van der Waals surface area contributed by atoms with Crippen LogP contribution >= 0.6 is 11.6 Å². The van der Waals surface area contributed by atoms with Gasteiger partial charge in [0.25, 0.3) is 0 Å². The van der Waals surface area contributed by atoms with E-state index in [0.29, 0.717) is 16.3 Å². The number of anilines is 1. The molecule has 1 heterocycles. The molecular weight excluding hydrogens is 328 g/mol. The Labute approximate surface area is 143 Å². The number of amides is 1. The standard InChI is InChI=1S/C18H13ClN2O3/c1-11-4-2-3-5-14(11)21-17(23)16(24-18(21)20)10-15(22)12-6-8-13(19)9-7-12/h2-10,20H,1H3. The molecule has 0 radical (unpaired) electrons. The number of hydrogen-bond donors (Lipinski definition) is 1. The molecular formula is C18H13ClN2O3. The number of carbonyl (C=O) groups is 2. The van der Waals surface area contributed by atoms with Crippen molar-refractivity contribution >= 4 is 35.0 Å². The Bertz CT molecular complexity index is 872. The Morgan fingerprint density at radius 3 is 2.50 bits per heavy atom. The van der Waals surface area contributed by atoms with E-state index in [1.165, 1.54) is 0 Å². The third-order valence-electron chi connectivity index (χ3n) is 3.57. The molecule has 3 rings (SSSR count). The second-order valence-electron chi connectivity index (χ2n) is 5.21. The molecule has 0 atom stereocenters. The van der Waals surface area contributed by atoms with Gasteiger partial charge in [-0.25, -0.2) is 4.90 Å². The molecule has 0 aliphatic carbocycles. The summed E-state index contributed by atoms with van der Waals surface area (Å²) in [4.78, 5) is 25.9. The topological polar surface area (TPSA) is 70.5 Å². The second-order valence-corrected chi connectivity index (χ2v) is 5.65. The molecule has 0 spiro atoms. The maximum absolute atomic E-state index is 12.5. The molecule has 0 saturated carbocycles. The van der Waals surface area contributed by atoms with Crippen molar-refractivity contribution in [1.82, 2.24) is 0 Å². The van der Waals surface area contributed by atoms with E-state index < -0.39 is 11.7 Å². The van der Waals surface area contributed by atoms with Crippen molar-refractivity contribution in [3.63, 3.8) is 0 Å². The first kappa shape index (κ1) is 16.0. The molecule has 1 N–H and O–H groups in total. The number of nitrogens with one attached hydrogen (secondary N) is 1. The number of ketones is 1. The molecule has 1 aliphatic heterocycles. The number of nitrogens with zero attached hydrogens (tertiary/aromatic N) is 1. The summed E-state index contributed by atoms with van der Waals surface area (Å²) in [6.07, 6.45) is 1.10. The summed E-state index contributed by atoms with van der Waals surface area (Å²) in [5.41, 5.74) is 1.75. The van der Waals surface area contributed by atoms with E-state index in [9.17, 15) is 9.59 Å². The highest BCUT2D eigenvalue weighted by molar-refractivity contribution is 6.30. The zero-order chi connectivity index (χ0) is 17.3. The van der Waals surface area contributed by atoms with Crippen molar-refractivity contribution < 1.29 is 14.3 Å². The predicted octanol–water partition coefficient (Wildman–Crippen LogP) is 3.71. The van der Waals surface area contributed by atoms with Crippen LogP contribution in [0.5, 0.6) is 0 Å². The Kier molecular flexibility index (Phi) is 4.18. The average molecular weight is 341 g/mol. The van der Waals surface area contributed by atoms with Gasteiger partial charge in [0, 0.05) is 16.7 Å². The Hall–Kier alpha value is -2.92. The number of hydrogen-bond acceptors (Lipinski definition) is 4. The molecule has 1 aliphatic rings. The summed E-state index contributed by atoms with van der Waals surface area (Å²) in [6.45, 7) is 1.83. The molecule has 24 heavy (non-hydrogen) atoms. The lowest BCUT2D eigenvalue weighted by Gasteiger charge is -2.14. The lowest BCUT2D eigenvalue weighted by molar-refractivity contribution is -0.114. The van der Waals surface area contributed by atoms with Crippen LogP contribution < -0.4 is 4.90 Å². The van der Waals surface area contributed by atoms with Crippen LogP contribution in [0.4, 0.5) is 5.69 Å². The minimum Gasteiger partial charge on any atom is -0.419 e. The van der Waals surface area contributed by atoms with Crippen LogP contribution in [0.3, 0.4) is 0 Å². The maximum atomic E-state index is 12.5. The summed E-state index contributed by atoms with van der Waals surface area (Å²) in [6, 6.07) is 13.1. The first-order chi connectivity index (χ1) is 11.5. The quantitative estimate of drug-likeness (QED) is 0.684. The first-order valence-corrected chi connectivity index (χ1v) is 7.53. The van der Waals surface area contributed by atoms with E-state index in [1.54, 1.807) is 36.4 Å². The van der Waals surface area contributed by atoms with E-state index in [1.807, 2.05) is 19.1 Å². The van der Waals surface area contributed by atoms with Gasteiger partial charge < -0.3 is 4.74 Å². The van der Waals surface area contributed by atoms with E-state index in [-0.39, 0.29) is 11.8 Å². The van der Waals surface area contributed by atoms with Crippen LogP contribution in [0.1, 0.15) is 15.9 Å². The molecule has 2 aromatic rings. The predicted molar refractivity (Wildman–Crippen MR) is 91.3 cm³/mol. The molecule has 1 fully saturated rings. The van der Waals surface area contributed by atoms with Crippen LogP contribution in [0.15, 0.2) is 60.4 Å². The Morgan fingerprint density at radius 1 is 1.17 bits per heavy atom. The van der Waals surface area contributed by atoms with Crippen LogP contribution in [-0.2, 0) is 9.53 Å². The summed E-state index contributed by atoms with van der Waals surface area (Å²) in [5.74, 6) is -1.12. The zero-order valence-corrected chi connectivity index (χ0v) is 13.5. The molecule has 6 heteroatoms. The Morgan fingerprint density at radius 2 is 1.83 bits per heavy atom. The minimum atomic E-state index is -0.545. The normalized spacial score (nSPS) is 15.8. The highest BCUT2D eigenvalue weighted by Gasteiger charge is 2.36. The van der Waals surface area contributed by atoms with Crippen molar-refractivity contribution in [2.45, 2.75) is 6.92 Å². The van der Waals surface area contributed by atoms with Gasteiger partial charge in [-0.1, -0.05) is 29.8 Å². The second kappa shape index (κ2) is 6.29. The van der Waals surface area contributed by atoms with E-state index in [4.69, 9.17) is 21.7 Å². The maximum Gasteiger partial charge on any atom is 0.302 e. The molecule has 5 nitrogen and oxygen atoms in total. The summed E-state index contributed by atoms with van der Waals surface area (Å²) >= 11 is 5.79. The van der Waals surface area contributed by atoms with Gasteiger partial charge in [-0.05, 0) is 42.8 Å². The lowest BCUT2D eigenvalue weighted by Crippen LogP contribution is -2.29. The number of carbonyl (C=O) groups excluding carboxylic acids is 2. The van der Waals surface area contributed by atoms with Crippen molar-refractivity contribution in [2.24, 2.45) is 0 Å². The molecule has 1 amide bonds. The zero-order valence-electron chi connectivity index (χ0n) is 12.7. The molecule has 0 unspecified atom stereocenters. The number of halogens is 1. The average Bonchev–Trinajstić information content (AvgIpc) is 2.83. The van der Waals surface area contributed by atoms with Gasteiger partial charge in [0.2, 0.25) is 5.76 Å². The van der Waals surface area contributed by atoms with Crippen molar-refractivity contribution in [1.29, 1.82) is 5.41 Å². The fraction of sp³-hybridized carbons (Fsp3) is 0.0556. The monoisotopic (exact) mass is 340 g/mol. The van der Waals surface area contributed by atoms with Crippen molar-refractivity contribution in [2.75, 3.05) is 4.90 Å². The van der Waals surface area contributed by atoms with Gasteiger partial charge in [-0.3, -0.25) is 15.0 Å². The summed E-state index contributed by atoms with van der Waals surface area (Å²) in [5, 5.41) is 8.40. The molecule has 2 aromatic carbocycles. The van der Waals surface area contributed by atoms with Crippen LogP contribution in [0.2, 0.25) is 5.02 Å². The number of amidine groups is 1. The molecule has 0 bridgehead atoms. The fourth-order valence-corrected chi connectivity index (χ4v) is 2.46. The van der Waals surface area contributed by atoms with Gasteiger partial charge in [0.1, 0.15) is 0 Å². The molecule has 120 valence electrons. The Balaban J connectivity index is 1.90. The molecule has 0 aromatic heterocycles. The smallest absolute Gasteiger partial charge is 0.302 e. The number of para-hydroxylation sites is 1. The highest BCUT2D eigenvalue weighted by Crippen LogP contribution is 2.27. The fourth-order valence-electron chi connectivity index (χ4n) is 2.34. The largest absolute Gasteiger partial charge is 0.419 e. The van der Waals surface area contributed by atoms with E-state index in [0.717, 1.165) is 16.5 Å². The summed E-state index contributed by atoms with van der Waals surface area (Å²) in [7, 11) is 0. The minimum absolute atomic E-state index is 0.178. The van der Waals surface area contributed by atoms with Crippen LogP contribution in [-0.4, -0.2) is 17.7 Å². The van der Waals surface area contributed by atoms with Gasteiger partial charge in [-0.15, -0.1) is 0 Å². The van der Waals surface area contributed by atoms with Crippen molar-refractivity contribution in [3.05, 3.63) is 76.5 Å². The summed E-state index contributed by atoms with van der Waals surface area (Å²) < 4.78 is 5.19. The number of benzene rings is 2. The number of aryl methyl sites for hydroxylation is 1. The number of allylic oxidation sites excluding steroid dienone is 1. The molecule has 1 saturated heterocycles. The van der Waals surface area contributed by atoms with E-state index >= 15 is 0 Å². The lowest BCUT2D eigenvalue weighted by atomic mass is 10.1. The third kappa shape index (κ3) is 2.94. The number of rotatable bonds is 3. The van der Waals surface area contributed by atoms with Crippen LogP contribution in [0.25, 0.3) is 0 Å². The van der Waals surface area contributed by atoms with Crippen molar-refractivity contribution in [3.8, 4) is 0 Å².